The van der Waals surface area contributed by atoms with Crippen molar-refractivity contribution in [1.82, 2.24) is 9.97 Å². The fourth-order valence-corrected chi connectivity index (χ4v) is 2.50. The van der Waals surface area contributed by atoms with Crippen molar-refractivity contribution in [2.75, 3.05) is 5.32 Å². The van der Waals surface area contributed by atoms with E-state index in [1.54, 1.807) is 23.7 Å². The number of thiazole rings is 1. The normalized spacial score (nSPS) is 10.2. The number of alkyl halides is 1. The van der Waals surface area contributed by atoms with Crippen molar-refractivity contribution in [3.05, 3.63) is 39.6 Å². The van der Waals surface area contributed by atoms with Crippen molar-refractivity contribution < 1.29 is 4.79 Å². The Hall–Kier alpha value is -0.980. The molecule has 0 aliphatic heterocycles. The van der Waals surface area contributed by atoms with Crippen molar-refractivity contribution in [1.29, 1.82) is 0 Å². The van der Waals surface area contributed by atoms with E-state index in [0.717, 1.165) is 5.69 Å². The molecule has 0 fully saturated rings. The Bertz CT molecular complexity index is 546. The summed E-state index contributed by atoms with van der Waals surface area (Å²) >= 11 is 10.2. The van der Waals surface area contributed by atoms with Crippen LogP contribution in [-0.4, -0.2) is 15.9 Å². The Kier molecular flexibility index (Phi) is 4.09. The molecule has 4 nitrogen and oxygen atoms in total. The first-order chi connectivity index (χ1) is 8.20. The number of hydrogen-bond acceptors (Lipinski definition) is 4. The van der Waals surface area contributed by atoms with E-state index >= 15 is 0 Å². The molecule has 0 bridgehead atoms. The molecule has 0 atom stereocenters. The lowest BCUT2D eigenvalue weighted by atomic mass is 10.3. The summed E-state index contributed by atoms with van der Waals surface area (Å²) in [6, 6.07) is 3.50. The average molecular weight is 333 g/mol. The van der Waals surface area contributed by atoms with Crippen LogP contribution >= 0.6 is 38.9 Å². The van der Waals surface area contributed by atoms with Crippen LogP contribution in [-0.2, 0) is 5.88 Å². The van der Waals surface area contributed by atoms with Crippen LogP contribution in [0.25, 0.3) is 0 Å². The molecule has 2 heterocycles. The minimum atomic E-state index is -0.298. The van der Waals surface area contributed by atoms with Gasteiger partial charge in [-0.3, -0.25) is 10.1 Å². The Morgan fingerprint density at radius 1 is 1.59 bits per heavy atom. The van der Waals surface area contributed by atoms with E-state index in [1.165, 1.54) is 11.3 Å². The van der Waals surface area contributed by atoms with Gasteiger partial charge in [-0.2, -0.15) is 0 Å². The van der Waals surface area contributed by atoms with Crippen molar-refractivity contribution in [2.45, 2.75) is 5.88 Å². The molecule has 0 radical (unpaired) electrons. The fraction of sp³-hybridized carbons (Fsp3) is 0.100. The van der Waals surface area contributed by atoms with Crippen molar-refractivity contribution >= 4 is 49.9 Å². The van der Waals surface area contributed by atoms with Gasteiger partial charge in [0, 0.05) is 16.0 Å². The molecule has 88 valence electrons. The molecule has 1 amide bonds. The molecule has 0 saturated carbocycles. The molecular weight excluding hydrogens is 326 g/mol. The number of amides is 1. The van der Waals surface area contributed by atoms with Crippen LogP contribution in [0, 0.1) is 0 Å². The molecule has 0 aliphatic carbocycles. The van der Waals surface area contributed by atoms with E-state index in [1.807, 2.05) is 0 Å². The van der Waals surface area contributed by atoms with E-state index in [4.69, 9.17) is 11.6 Å². The molecule has 0 spiro atoms. The molecular formula is C10H7BrClN3OS. The Morgan fingerprint density at radius 2 is 2.41 bits per heavy atom. The molecule has 0 aliphatic rings. The van der Waals surface area contributed by atoms with Crippen molar-refractivity contribution in [3.8, 4) is 0 Å². The summed E-state index contributed by atoms with van der Waals surface area (Å²) in [6.45, 7) is 0. The number of pyridine rings is 1. The third kappa shape index (κ3) is 3.02. The van der Waals surface area contributed by atoms with Gasteiger partial charge in [0.25, 0.3) is 5.91 Å². The summed E-state index contributed by atoms with van der Waals surface area (Å²) in [5.41, 5.74) is 1.07. The zero-order valence-electron chi connectivity index (χ0n) is 8.48. The number of rotatable bonds is 3. The first-order valence-corrected chi connectivity index (χ1v) is 6.83. The zero-order chi connectivity index (χ0) is 12.3. The van der Waals surface area contributed by atoms with Crippen LogP contribution in [0.1, 0.15) is 16.2 Å². The number of carbonyl (C=O) groups is 1. The second-order valence-corrected chi connectivity index (χ2v) is 5.05. The van der Waals surface area contributed by atoms with Gasteiger partial charge in [0.1, 0.15) is 5.69 Å². The molecule has 0 aromatic carbocycles. The van der Waals surface area contributed by atoms with E-state index < -0.39 is 0 Å². The van der Waals surface area contributed by atoms with E-state index in [0.29, 0.717) is 21.2 Å². The quantitative estimate of drug-likeness (QED) is 0.878. The van der Waals surface area contributed by atoms with Gasteiger partial charge in [-0.1, -0.05) is 0 Å². The van der Waals surface area contributed by atoms with E-state index in [-0.39, 0.29) is 5.91 Å². The summed E-state index contributed by atoms with van der Waals surface area (Å²) in [6.07, 6.45) is 1.56. The van der Waals surface area contributed by atoms with E-state index in [9.17, 15) is 4.79 Å². The van der Waals surface area contributed by atoms with Gasteiger partial charge in [-0.25, -0.2) is 9.97 Å². The van der Waals surface area contributed by atoms with Gasteiger partial charge < -0.3 is 0 Å². The minimum Gasteiger partial charge on any atom is -0.296 e. The van der Waals surface area contributed by atoms with Crippen LogP contribution in [0.3, 0.4) is 0 Å². The fourth-order valence-electron chi connectivity index (χ4n) is 1.13. The highest BCUT2D eigenvalue weighted by Crippen LogP contribution is 2.19. The summed E-state index contributed by atoms with van der Waals surface area (Å²) in [4.78, 5) is 20.0. The Balaban J connectivity index is 2.14. The van der Waals surface area contributed by atoms with Gasteiger partial charge in [0.15, 0.2) is 5.13 Å². The van der Waals surface area contributed by atoms with Gasteiger partial charge in [-0.05, 0) is 28.1 Å². The second-order valence-electron chi connectivity index (χ2n) is 3.07. The highest BCUT2D eigenvalue weighted by molar-refractivity contribution is 9.10. The zero-order valence-corrected chi connectivity index (χ0v) is 11.6. The lowest BCUT2D eigenvalue weighted by Crippen LogP contribution is -2.14. The number of nitrogens with one attached hydrogen (secondary N) is 1. The number of halogens is 2. The Morgan fingerprint density at radius 3 is 3.06 bits per heavy atom. The van der Waals surface area contributed by atoms with Crippen LogP contribution in [0.5, 0.6) is 0 Å². The minimum absolute atomic E-state index is 0.298. The lowest BCUT2D eigenvalue weighted by molar-refractivity contribution is 0.102. The second kappa shape index (κ2) is 5.57. The SMILES string of the molecule is O=C(Nc1nc(CCl)cs1)c1ncccc1Br. The molecule has 1 N–H and O–H groups in total. The van der Waals surface area contributed by atoms with Crippen LogP contribution < -0.4 is 5.32 Å². The van der Waals surface area contributed by atoms with Gasteiger partial charge in [-0.15, -0.1) is 22.9 Å². The topological polar surface area (TPSA) is 54.9 Å². The van der Waals surface area contributed by atoms with E-state index in [2.05, 4.69) is 31.2 Å². The monoisotopic (exact) mass is 331 g/mol. The van der Waals surface area contributed by atoms with Crippen molar-refractivity contribution in [3.63, 3.8) is 0 Å². The van der Waals surface area contributed by atoms with Gasteiger partial charge >= 0.3 is 0 Å². The molecule has 2 aromatic rings. The van der Waals surface area contributed by atoms with Crippen molar-refractivity contribution in [2.24, 2.45) is 0 Å². The number of nitrogens with zero attached hydrogens (tertiary/aromatic N) is 2. The number of hydrogen-bond donors (Lipinski definition) is 1. The molecule has 0 unspecified atom stereocenters. The first kappa shape index (κ1) is 12.5. The smallest absolute Gasteiger partial charge is 0.277 e. The highest BCUT2D eigenvalue weighted by atomic mass is 79.9. The van der Waals surface area contributed by atoms with Gasteiger partial charge in [0.2, 0.25) is 0 Å². The summed E-state index contributed by atoms with van der Waals surface area (Å²) in [5, 5.41) is 4.99. The molecule has 7 heteroatoms. The molecule has 0 saturated heterocycles. The number of carbonyl (C=O) groups excluding carboxylic acids is 1. The predicted molar refractivity (Wildman–Crippen MR) is 71.6 cm³/mol. The molecule has 2 aromatic heterocycles. The molecule has 17 heavy (non-hydrogen) atoms. The highest BCUT2D eigenvalue weighted by Gasteiger charge is 2.12. The number of anilines is 1. The van der Waals surface area contributed by atoms with Crippen LogP contribution in [0.15, 0.2) is 28.2 Å². The van der Waals surface area contributed by atoms with Crippen LogP contribution in [0.4, 0.5) is 5.13 Å². The Labute approximate surface area is 115 Å². The summed E-state index contributed by atoms with van der Waals surface area (Å²) in [7, 11) is 0. The maximum Gasteiger partial charge on any atom is 0.277 e. The number of aromatic nitrogens is 2. The van der Waals surface area contributed by atoms with Crippen LogP contribution in [0.2, 0.25) is 0 Å². The third-order valence-corrected chi connectivity index (χ3v) is 3.60. The standard InChI is InChI=1S/C10H7BrClN3OS/c11-7-2-1-3-13-8(7)9(16)15-10-14-6(4-12)5-17-10/h1-3,5H,4H2,(H,14,15,16). The largest absolute Gasteiger partial charge is 0.296 e. The summed E-state index contributed by atoms with van der Waals surface area (Å²) in [5.74, 6) is 0.0348. The predicted octanol–water partition coefficient (Wildman–Crippen LogP) is 3.29. The average Bonchev–Trinajstić information content (AvgIpc) is 2.77. The summed E-state index contributed by atoms with van der Waals surface area (Å²) < 4.78 is 0.645. The lowest BCUT2D eigenvalue weighted by Gasteiger charge is -2.02. The third-order valence-electron chi connectivity index (χ3n) is 1.88. The maximum absolute atomic E-state index is 11.9. The van der Waals surface area contributed by atoms with Gasteiger partial charge in [0.05, 0.1) is 11.6 Å². The first-order valence-electron chi connectivity index (χ1n) is 4.63. The molecule has 2 rings (SSSR count). The maximum atomic E-state index is 11.9.